The maximum atomic E-state index is 11.8. The minimum Gasteiger partial charge on any atom is -0.439 e. The second kappa shape index (κ2) is 8.25. The first-order chi connectivity index (χ1) is 12.2. The molecule has 0 aliphatic heterocycles. The van der Waals surface area contributed by atoms with Gasteiger partial charge in [0.1, 0.15) is 0 Å². The molecule has 128 valence electrons. The van der Waals surface area contributed by atoms with E-state index in [9.17, 15) is 9.59 Å². The molecule has 2 N–H and O–H groups in total. The molecule has 0 aliphatic rings. The number of thiophene rings is 1. The molecule has 0 aliphatic carbocycles. The van der Waals surface area contributed by atoms with Crippen LogP contribution < -0.4 is 10.6 Å². The highest BCUT2D eigenvalue weighted by Crippen LogP contribution is 2.19. The summed E-state index contributed by atoms with van der Waals surface area (Å²) >= 11 is 1.62. The van der Waals surface area contributed by atoms with Crippen molar-refractivity contribution in [3.8, 4) is 11.3 Å². The van der Waals surface area contributed by atoms with E-state index in [0.29, 0.717) is 24.6 Å². The summed E-state index contributed by atoms with van der Waals surface area (Å²) in [5.74, 6) is -0.402. The summed E-state index contributed by atoms with van der Waals surface area (Å²) in [4.78, 5) is 28.8. The Morgan fingerprint density at radius 3 is 2.60 bits per heavy atom. The van der Waals surface area contributed by atoms with E-state index in [2.05, 4.69) is 15.6 Å². The lowest BCUT2D eigenvalue weighted by Gasteiger charge is -2.04. The molecular weight excluding hydrogens is 338 g/mol. The molecule has 0 unspecified atom stereocenters. The molecule has 2 amide bonds. The monoisotopic (exact) mass is 355 g/mol. The normalized spacial score (nSPS) is 10.4. The number of nitrogens with one attached hydrogen (secondary N) is 2. The Labute approximate surface area is 148 Å². The van der Waals surface area contributed by atoms with Gasteiger partial charge < -0.3 is 15.1 Å². The quantitative estimate of drug-likeness (QED) is 0.665. The summed E-state index contributed by atoms with van der Waals surface area (Å²) in [5.41, 5.74) is 0.902. The van der Waals surface area contributed by atoms with Gasteiger partial charge >= 0.3 is 11.8 Å². The largest absolute Gasteiger partial charge is 0.439 e. The van der Waals surface area contributed by atoms with Gasteiger partial charge in [0.15, 0.2) is 5.76 Å². The van der Waals surface area contributed by atoms with E-state index in [1.54, 1.807) is 17.5 Å². The van der Waals surface area contributed by atoms with E-state index in [1.165, 1.54) is 0 Å². The summed E-state index contributed by atoms with van der Waals surface area (Å²) < 4.78 is 5.57. The lowest BCUT2D eigenvalue weighted by molar-refractivity contribution is -0.139. The van der Waals surface area contributed by atoms with Gasteiger partial charge in [0, 0.05) is 17.0 Å². The van der Waals surface area contributed by atoms with Crippen molar-refractivity contribution in [1.82, 2.24) is 15.6 Å². The van der Waals surface area contributed by atoms with Crippen LogP contribution in [-0.2, 0) is 22.6 Å². The number of hydrogen-bond donors (Lipinski definition) is 2. The average Bonchev–Trinajstić information content (AvgIpc) is 3.32. The molecule has 0 saturated heterocycles. The van der Waals surface area contributed by atoms with Crippen molar-refractivity contribution >= 4 is 23.2 Å². The zero-order valence-corrected chi connectivity index (χ0v) is 14.2. The van der Waals surface area contributed by atoms with Gasteiger partial charge in [-0.2, -0.15) is 0 Å². The average molecular weight is 355 g/mol. The van der Waals surface area contributed by atoms with E-state index < -0.39 is 11.8 Å². The summed E-state index contributed by atoms with van der Waals surface area (Å²) in [6.45, 7) is 0.480. The van der Waals surface area contributed by atoms with Crippen LogP contribution in [-0.4, -0.2) is 23.3 Å². The van der Waals surface area contributed by atoms with Crippen LogP contribution in [0.5, 0.6) is 0 Å². The van der Waals surface area contributed by atoms with Gasteiger partial charge in [0.25, 0.3) is 0 Å². The first-order valence-electron chi connectivity index (χ1n) is 7.81. The maximum absolute atomic E-state index is 11.8. The molecule has 0 spiro atoms. The fourth-order valence-corrected chi connectivity index (χ4v) is 2.91. The van der Waals surface area contributed by atoms with Crippen molar-refractivity contribution < 1.29 is 14.0 Å². The van der Waals surface area contributed by atoms with E-state index in [0.717, 1.165) is 10.4 Å². The van der Waals surface area contributed by atoms with Gasteiger partial charge in [0.05, 0.1) is 12.7 Å². The molecule has 2 aromatic heterocycles. The Bertz CT molecular complexity index is 828. The van der Waals surface area contributed by atoms with Gasteiger partial charge in [0.2, 0.25) is 5.89 Å². The molecule has 0 atom stereocenters. The van der Waals surface area contributed by atoms with Crippen LogP contribution in [0.25, 0.3) is 11.3 Å². The van der Waals surface area contributed by atoms with Gasteiger partial charge in [-0.15, -0.1) is 11.3 Å². The third kappa shape index (κ3) is 4.77. The predicted octanol–water partition coefficient (Wildman–Crippen LogP) is 2.38. The Kier molecular flexibility index (Phi) is 5.58. The molecule has 3 aromatic rings. The molecule has 6 nitrogen and oxygen atoms in total. The van der Waals surface area contributed by atoms with Crippen molar-refractivity contribution in [3.05, 3.63) is 64.8 Å². The van der Waals surface area contributed by atoms with Crippen molar-refractivity contribution in [1.29, 1.82) is 0 Å². The van der Waals surface area contributed by atoms with Crippen LogP contribution in [0.15, 0.2) is 58.5 Å². The fraction of sp³-hybridized carbons (Fsp3) is 0.167. The summed E-state index contributed by atoms with van der Waals surface area (Å²) in [6, 6.07) is 13.5. The highest BCUT2D eigenvalue weighted by Gasteiger charge is 2.14. The smallest absolute Gasteiger partial charge is 0.309 e. The Morgan fingerprint density at radius 2 is 1.84 bits per heavy atom. The molecule has 0 radical (unpaired) electrons. The van der Waals surface area contributed by atoms with E-state index >= 15 is 0 Å². The predicted molar refractivity (Wildman–Crippen MR) is 94.8 cm³/mol. The molecule has 7 heteroatoms. The maximum Gasteiger partial charge on any atom is 0.309 e. The summed E-state index contributed by atoms with van der Waals surface area (Å²) in [7, 11) is 0. The second-order valence-corrected chi connectivity index (χ2v) is 6.28. The van der Waals surface area contributed by atoms with Gasteiger partial charge in [-0.05, 0) is 17.9 Å². The standard InChI is InChI=1S/C18H17N3O3S/c22-17(19-9-8-14-7-4-10-25-14)18(23)21-12-16-20-11-15(24-16)13-5-2-1-3-6-13/h1-7,10-11H,8-9,12H2,(H,19,22)(H,21,23). The molecule has 0 fully saturated rings. The van der Waals surface area contributed by atoms with E-state index in [1.807, 2.05) is 47.8 Å². The highest BCUT2D eigenvalue weighted by atomic mass is 32.1. The summed E-state index contributed by atoms with van der Waals surface area (Å²) in [6.07, 6.45) is 2.30. The lowest BCUT2D eigenvalue weighted by atomic mass is 10.2. The van der Waals surface area contributed by atoms with Crippen LogP contribution in [0.3, 0.4) is 0 Å². The van der Waals surface area contributed by atoms with Gasteiger partial charge in [-0.1, -0.05) is 36.4 Å². The van der Waals surface area contributed by atoms with Crippen LogP contribution in [0.2, 0.25) is 0 Å². The Morgan fingerprint density at radius 1 is 1.04 bits per heavy atom. The molecule has 0 saturated carbocycles. The Balaban J connectivity index is 1.44. The van der Waals surface area contributed by atoms with Gasteiger partial charge in [-0.25, -0.2) is 4.98 Å². The Hall–Kier alpha value is -2.93. The zero-order chi connectivity index (χ0) is 17.5. The number of carbonyl (C=O) groups excluding carboxylic acids is 2. The van der Waals surface area contributed by atoms with Crippen molar-refractivity contribution in [2.24, 2.45) is 0 Å². The first-order valence-corrected chi connectivity index (χ1v) is 8.69. The topological polar surface area (TPSA) is 84.2 Å². The number of oxazole rings is 1. The molecule has 0 bridgehead atoms. The zero-order valence-electron chi connectivity index (χ0n) is 13.4. The van der Waals surface area contributed by atoms with Crippen LogP contribution in [0.1, 0.15) is 10.8 Å². The third-order valence-corrected chi connectivity index (χ3v) is 4.39. The van der Waals surface area contributed by atoms with E-state index in [-0.39, 0.29) is 6.54 Å². The van der Waals surface area contributed by atoms with Crippen molar-refractivity contribution in [2.75, 3.05) is 6.54 Å². The number of hydrogen-bond acceptors (Lipinski definition) is 5. The minimum atomic E-state index is -0.703. The first kappa shape index (κ1) is 16.9. The van der Waals surface area contributed by atoms with Crippen molar-refractivity contribution in [3.63, 3.8) is 0 Å². The minimum absolute atomic E-state index is 0.0595. The van der Waals surface area contributed by atoms with Crippen LogP contribution in [0.4, 0.5) is 0 Å². The molecular formula is C18H17N3O3S. The van der Waals surface area contributed by atoms with Crippen LogP contribution >= 0.6 is 11.3 Å². The number of carbonyl (C=O) groups is 2. The number of benzene rings is 1. The summed E-state index contributed by atoms with van der Waals surface area (Å²) in [5, 5.41) is 7.07. The van der Waals surface area contributed by atoms with Crippen LogP contribution in [0, 0.1) is 0 Å². The number of nitrogens with zero attached hydrogens (tertiary/aromatic N) is 1. The highest BCUT2D eigenvalue weighted by molar-refractivity contribution is 7.09. The molecule has 2 heterocycles. The number of amides is 2. The SMILES string of the molecule is O=C(NCCc1cccs1)C(=O)NCc1ncc(-c2ccccc2)o1. The lowest BCUT2D eigenvalue weighted by Crippen LogP contribution is -2.40. The van der Waals surface area contributed by atoms with E-state index in [4.69, 9.17) is 4.42 Å². The van der Waals surface area contributed by atoms with Crippen molar-refractivity contribution in [2.45, 2.75) is 13.0 Å². The molecule has 1 aromatic carbocycles. The number of aromatic nitrogens is 1. The molecule has 3 rings (SSSR count). The molecule has 25 heavy (non-hydrogen) atoms. The van der Waals surface area contributed by atoms with Gasteiger partial charge in [-0.3, -0.25) is 9.59 Å². The fourth-order valence-electron chi connectivity index (χ4n) is 2.20. The third-order valence-electron chi connectivity index (χ3n) is 3.46. The second-order valence-electron chi connectivity index (χ2n) is 5.25. The number of rotatable bonds is 6.